The Morgan fingerprint density at radius 3 is 2.56 bits per heavy atom. The Bertz CT molecular complexity index is 1030. The zero-order valence-corrected chi connectivity index (χ0v) is 21.1. The number of anilines is 1. The molecule has 1 aromatic heterocycles. The SMILES string of the molecule is CN=C(NCc1nc(-c2cccc(Cl)c2)no1)N1CCN(c2ccc(OC)cc2)CC1.I. The van der Waals surface area contributed by atoms with Gasteiger partial charge >= 0.3 is 0 Å². The molecule has 10 heteroatoms. The molecule has 0 spiro atoms. The topological polar surface area (TPSA) is 79.0 Å². The van der Waals surface area contributed by atoms with Crippen molar-refractivity contribution in [2.24, 2.45) is 4.99 Å². The third-order valence-electron chi connectivity index (χ3n) is 5.18. The number of nitrogens with one attached hydrogen (secondary N) is 1. The van der Waals surface area contributed by atoms with Gasteiger partial charge in [-0.1, -0.05) is 28.9 Å². The molecule has 0 bridgehead atoms. The largest absolute Gasteiger partial charge is 0.497 e. The van der Waals surface area contributed by atoms with E-state index >= 15 is 0 Å². The molecular weight excluding hydrogens is 543 g/mol. The maximum atomic E-state index is 6.04. The lowest BCUT2D eigenvalue weighted by molar-refractivity contribution is 0.355. The first-order chi connectivity index (χ1) is 15.2. The number of rotatable bonds is 5. The van der Waals surface area contributed by atoms with Gasteiger partial charge in [0.1, 0.15) is 5.75 Å². The number of nitrogens with zero attached hydrogens (tertiary/aromatic N) is 5. The Balaban J connectivity index is 0.00000289. The standard InChI is InChI=1S/C22H25ClN6O2.HI/c1-24-22(25-15-20-26-21(27-31-20)16-4-3-5-17(23)14-16)29-12-10-28(11-13-29)18-6-8-19(30-2)9-7-18;/h3-9,14H,10-13,15H2,1-2H3,(H,24,25);1H. The van der Waals surface area contributed by atoms with Crippen LogP contribution in [0.25, 0.3) is 11.4 Å². The van der Waals surface area contributed by atoms with Crippen LogP contribution >= 0.6 is 35.6 Å². The number of hydrogen-bond donors (Lipinski definition) is 1. The van der Waals surface area contributed by atoms with E-state index in [1.807, 2.05) is 36.4 Å². The van der Waals surface area contributed by atoms with E-state index in [0.717, 1.165) is 43.5 Å². The van der Waals surface area contributed by atoms with Gasteiger partial charge in [0.25, 0.3) is 0 Å². The molecule has 1 aliphatic heterocycles. The highest BCUT2D eigenvalue weighted by Gasteiger charge is 2.20. The van der Waals surface area contributed by atoms with Gasteiger partial charge in [-0.15, -0.1) is 24.0 Å². The van der Waals surface area contributed by atoms with Crippen LogP contribution in [0, 0.1) is 0 Å². The summed E-state index contributed by atoms with van der Waals surface area (Å²) in [5, 5.41) is 8.00. The van der Waals surface area contributed by atoms with Crippen LogP contribution in [0.15, 0.2) is 58.0 Å². The van der Waals surface area contributed by atoms with Crippen molar-refractivity contribution < 1.29 is 9.26 Å². The number of halogens is 2. The van der Waals surface area contributed by atoms with Crippen molar-refractivity contribution >= 4 is 47.2 Å². The maximum Gasteiger partial charge on any atom is 0.246 e. The highest BCUT2D eigenvalue weighted by molar-refractivity contribution is 14.0. The number of hydrogen-bond acceptors (Lipinski definition) is 6. The van der Waals surface area contributed by atoms with Crippen LogP contribution in [-0.2, 0) is 6.54 Å². The van der Waals surface area contributed by atoms with Gasteiger partial charge in [0.2, 0.25) is 11.7 Å². The monoisotopic (exact) mass is 568 g/mol. The summed E-state index contributed by atoms with van der Waals surface area (Å²) in [5.74, 6) is 2.69. The van der Waals surface area contributed by atoms with E-state index < -0.39 is 0 Å². The molecule has 8 nitrogen and oxygen atoms in total. The smallest absolute Gasteiger partial charge is 0.246 e. The molecule has 1 saturated heterocycles. The average molecular weight is 569 g/mol. The first-order valence-corrected chi connectivity index (χ1v) is 10.5. The minimum absolute atomic E-state index is 0. The van der Waals surface area contributed by atoms with Gasteiger partial charge in [-0.3, -0.25) is 4.99 Å². The molecule has 170 valence electrons. The molecule has 1 N–H and O–H groups in total. The van der Waals surface area contributed by atoms with E-state index in [0.29, 0.717) is 23.3 Å². The molecule has 1 fully saturated rings. The maximum absolute atomic E-state index is 6.04. The predicted molar refractivity (Wildman–Crippen MR) is 137 cm³/mol. The Morgan fingerprint density at radius 2 is 1.91 bits per heavy atom. The van der Waals surface area contributed by atoms with Gasteiger partial charge in [0.05, 0.1) is 13.7 Å². The van der Waals surface area contributed by atoms with Crippen molar-refractivity contribution in [1.29, 1.82) is 0 Å². The molecule has 0 radical (unpaired) electrons. The van der Waals surface area contributed by atoms with Gasteiger partial charge in [-0.2, -0.15) is 4.98 Å². The summed E-state index contributed by atoms with van der Waals surface area (Å²) in [6, 6.07) is 15.5. The lowest BCUT2D eigenvalue weighted by Crippen LogP contribution is -2.52. The second-order valence-electron chi connectivity index (χ2n) is 7.09. The molecule has 0 unspecified atom stereocenters. The minimum atomic E-state index is 0. The number of methoxy groups -OCH3 is 1. The second kappa shape index (κ2) is 11.4. The third kappa shape index (κ3) is 5.83. The molecule has 0 amide bonds. The molecule has 1 aliphatic rings. The fourth-order valence-electron chi connectivity index (χ4n) is 3.53. The highest BCUT2D eigenvalue weighted by Crippen LogP contribution is 2.21. The predicted octanol–water partition coefficient (Wildman–Crippen LogP) is 3.91. The van der Waals surface area contributed by atoms with E-state index in [4.69, 9.17) is 20.9 Å². The number of ether oxygens (including phenoxy) is 1. The van der Waals surface area contributed by atoms with Crippen LogP contribution in [0.5, 0.6) is 5.75 Å². The normalized spacial score (nSPS) is 14.2. The van der Waals surface area contributed by atoms with Crippen LogP contribution in [-0.4, -0.2) is 61.3 Å². The first-order valence-electron chi connectivity index (χ1n) is 10.1. The molecule has 0 saturated carbocycles. The molecule has 2 heterocycles. The van der Waals surface area contributed by atoms with E-state index in [2.05, 4.69) is 42.4 Å². The average Bonchev–Trinajstić information content (AvgIpc) is 3.29. The van der Waals surface area contributed by atoms with E-state index in [9.17, 15) is 0 Å². The van der Waals surface area contributed by atoms with Crippen LogP contribution in [0.2, 0.25) is 5.02 Å². The van der Waals surface area contributed by atoms with Crippen LogP contribution in [0.1, 0.15) is 5.89 Å². The quantitative estimate of drug-likeness (QED) is 0.284. The Labute approximate surface area is 209 Å². The molecule has 2 aromatic carbocycles. The number of aliphatic imine (C=N–C) groups is 1. The summed E-state index contributed by atoms with van der Waals surface area (Å²) >= 11 is 6.04. The van der Waals surface area contributed by atoms with Crippen molar-refractivity contribution in [2.75, 3.05) is 45.2 Å². The second-order valence-corrected chi connectivity index (χ2v) is 7.53. The van der Waals surface area contributed by atoms with E-state index in [1.54, 1.807) is 14.2 Å². The third-order valence-corrected chi connectivity index (χ3v) is 5.41. The molecule has 0 atom stereocenters. The van der Waals surface area contributed by atoms with Crippen molar-refractivity contribution in [3.8, 4) is 17.1 Å². The summed E-state index contributed by atoms with van der Waals surface area (Å²) < 4.78 is 10.6. The van der Waals surface area contributed by atoms with Crippen molar-refractivity contribution in [3.63, 3.8) is 0 Å². The summed E-state index contributed by atoms with van der Waals surface area (Å²) in [4.78, 5) is 13.5. The zero-order valence-electron chi connectivity index (χ0n) is 18.0. The summed E-state index contributed by atoms with van der Waals surface area (Å²) in [6.07, 6.45) is 0. The van der Waals surface area contributed by atoms with E-state index in [1.165, 1.54) is 5.69 Å². The first kappa shape index (κ1) is 24.1. The molecule has 32 heavy (non-hydrogen) atoms. The molecule has 4 rings (SSSR count). The van der Waals surface area contributed by atoms with Crippen molar-refractivity contribution in [3.05, 3.63) is 59.4 Å². The zero-order chi connectivity index (χ0) is 21.6. The summed E-state index contributed by atoms with van der Waals surface area (Å²) in [5.41, 5.74) is 2.02. The van der Waals surface area contributed by atoms with Gasteiger partial charge in [0.15, 0.2) is 5.96 Å². The highest BCUT2D eigenvalue weighted by atomic mass is 127. The van der Waals surface area contributed by atoms with Gasteiger partial charge in [-0.25, -0.2) is 0 Å². The van der Waals surface area contributed by atoms with Crippen LogP contribution in [0.4, 0.5) is 5.69 Å². The van der Waals surface area contributed by atoms with Gasteiger partial charge in [-0.05, 0) is 36.4 Å². The van der Waals surface area contributed by atoms with Crippen molar-refractivity contribution in [1.82, 2.24) is 20.4 Å². The lowest BCUT2D eigenvalue weighted by Gasteiger charge is -2.37. The Morgan fingerprint density at radius 1 is 1.16 bits per heavy atom. The Hall–Kier alpha value is -2.53. The van der Waals surface area contributed by atoms with Gasteiger partial charge in [0, 0.05) is 49.5 Å². The fraction of sp³-hybridized carbons (Fsp3) is 0.318. The summed E-state index contributed by atoms with van der Waals surface area (Å²) in [7, 11) is 3.46. The minimum Gasteiger partial charge on any atom is -0.497 e. The van der Waals surface area contributed by atoms with Gasteiger partial charge < -0.3 is 24.4 Å². The number of piperazine rings is 1. The molecule has 0 aliphatic carbocycles. The van der Waals surface area contributed by atoms with E-state index in [-0.39, 0.29) is 24.0 Å². The lowest BCUT2D eigenvalue weighted by atomic mass is 10.2. The van der Waals surface area contributed by atoms with Crippen LogP contribution < -0.4 is 15.0 Å². The molecule has 3 aromatic rings. The number of aromatic nitrogens is 2. The number of benzene rings is 2. The fourth-order valence-corrected chi connectivity index (χ4v) is 3.72. The Kier molecular flexibility index (Phi) is 8.57. The summed E-state index contributed by atoms with van der Waals surface area (Å²) in [6.45, 7) is 3.95. The van der Waals surface area contributed by atoms with Crippen molar-refractivity contribution in [2.45, 2.75) is 6.54 Å². The molecular formula is C22H26ClIN6O2. The van der Waals surface area contributed by atoms with Crippen LogP contribution in [0.3, 0.4) is 0 Å². The number of guanidine groups is 1.